The molecule has 100 valence electrons. The lowest BCUT2D eigenvalue weighted by Crippen LogP contribution is -1.98. The fourth-order valence-electron chi connectivity index (χ4n) is 2.19. The quantitative estimate of drug-likeness (QED) is 0.730. The second-order valence-electron chi connectivity index (χ2n) is 4.94. The molecule has 0 spiro atoms. The van der Waals surface area contributed by atoms with Gasteiger partial charge in [0.2, 0.25) is 0 Å². The largest absolute Gasteiger partial charge is 0.383 e. The Morgan fingerprint density at radius 1 is 0.950 bits per heavy atom. The number of anilines is 1. The van der Waals surface area contributed by atoms with Crippen LogP contribution in [0.4, 0.5) is 5.82 Å². The number of hydrogen-bond donors (Lipinski definition) is 1. The van der Waals surface area contributed by atoms with Crippen LogP contribution in [0.2, 0.25) is 5.02 Å². The van der Waals surface area contributed by atoms with Crippen molar-refractivity contribution in [2.24, 2.45) is 0 Å². The lowest BCUT2D eigenvalue weighted by molar-refractivity contribution is 1.23. The molecule has 0 radical (unpaired) electrons. The van der Waals surface area contributed by atoms with E-state index in [4.69, 9.17) is 17.3 Å². The molecule has 4 heteroatoms. The molecular formula is C16H14ClN3. The second-order valence-corrected chi connectivity index (χ2v) is 5.34. The summed E-state index contributed by atoms with van der Waals surface area (Å²) >= 11 is 6.27. The van der Waals surface area contributed by atoms with Crippen molar-refractivity contribution >= 4 is 28.3 Å². The van der Waals surface area contributed by atoms with Crippen LogP contribution in [0.5, 0.6) is 0 Å². The van der Waals surface area contributed by atoms with E-state index in [0.717, 1.165) is 27.6 Å². The fourth-order valence-corrected chi connectivity index (χ4v) is 2.51. The van der Waals surface area contributed by atoms with Gasteiger partial charge >= 0.3 is 0 Å². The summed E-state index contributed by atoms with van der Waals surface area (Å²) in [5.74, 6) is 1.04. The Balaban J connectivity index is 2.24. The summed E-state index contributed by atoms with van der Waals surface area (Å²) in [4.78, 5) is 8.95. The first kappa shape index (κ1) is 12.9. The molecule has 0 bridgehead atoms. The molecule has 0 saturated carbocycles. The van der Waals surface area contributed by atoms with Crippen LogP contribution < -0.4 is 5.73 Å². The molecule has 0 aliphatic heterocycles. The molecule has 0 aliphatic carbocycles. The third kappa shape index (κ3) is 2.21. The van der Waals surface area contributed by atoms with E-state index < -0.39 is 0 Å². The lowest BCUT2D eigenvalue weighted by Gasteiger charge is -2.08. The monoisotopic (exact) mass is 283 g/mol. The minimum Gasteiger partial charge on any atom is -0.383 e. The third-order valence-electron chi connectivity index (χ3n) is 3.25. The number of halogens is 1. The Labute approximate surface area is 122 Å². The van der Waals surface area contributed by atoms with Crippen LogP contribution in [0.3, 0.4) is 0 Å². The minimum absolute atomic E-state index is 0.477. The predicted molar refractivity (Wildman–Crippen MR) is 83.9 cm³/mol. The zero-order valence-electron chi connectivity index (χ0n) is 11.3. The molecule has 3 nitrogen and oxygen atoms in total. The molecule has 0 fully saturated rings. The maximum absolute atomic E-state index is 6.27. The Bertz CT molecular complexity index is 812. The SMILES string of the molecule is Cc1ccc(-c2nc(N)c3cc(C)ccc3n2)c(Cl)c1. The number of nitrogens with two attached hydrogens (primary N) is 1. The van der Waals surface area contributed by atoms with Gasteiger partial charge in [-0.1, -0.05) is 29.3 Å². The zero-order valence-corrected chi connectivity index (χ0v) is 12.1. The number of nitrogens with zero attached hydrogens (tertiary/aromatic N) is 2. The van der Waals surface area contributed by atoms with Gasteiger partial charge in [0.15, 0.2) is 5.82 Å². The number of benzene rings is 2. The van der Waals surface area contributed by atoms with E-state index in [1.165, 1.54) is 0 Å². The molecule has 0 atom stereocenters. The van der Waals surface area contributed by atoms with Gasteiger partial charge in [-0.2, -0.15) is 0 Å². The average Bonchev–Trinajstić information content (AvgIpc) is 2.39. The maximum Gasteiger partial charge on any atom is 0.163 e. The number of hydrogen-bond acceptors (Lipinski definition) is 3. The van der Waals surface area contributed by atoms with Gasteiger partial charge in [-0.3, -0.25) is 0 Å². The molecule has 2 N–H and O–H groups in total. The maximum atomic E-state index is 6.27. The van der Waals surface area contributed by atoms with Gasteiger partial charge < -0.3 is 5.73 Å². The second kappa shape index (κ2) is 4.76. The van der Waals surface area contributed by atoms with Crippen molar-refractivity contribution < 1.29 is 0 Å². The van der Waals surface area contributed by atoms with Crippen LogP contribution in [0.15, 0.2) is 36.4 Å². The first-order chi connectivity index (χ1) is 9.54. The normalized spacial score (nSPS) is 10.9. The van der Waals surface area contributed by atoms with Crippen molar-refractivity contribution in [2.75, 3.05) is 5.73 Å². The van der Waals surface area contributed by atoms with Crippen molar-refractivity contribution in [1.29, 1.82) is 0 Å². The van der Waals surface area contributed by atoms with Crippen molar-refractivity contribution in [3.05, 3.63) is 52.5 Å². The van der Waals surface area contributed by atoms with E-state index in [1.54, 1.807) is 0 Å². The van der Waals surface area contributed by atoms with Crippen LogP contribution in [-0.4, -0.2) is 9.97 Å². The summed E-state index contributed by atoms with van der Waals surface area (Å²) in [5.41, 5.74) is 9.91. The van der Waals surface area contributed by atoms with E-state index in [0.29, 0.717) is 16.7 Å². The molecule has 1 aromatic heterocycles. The van der Waals surface area contributed by atoms with Gasteiger partial charge in [0.05, 0.1) is 10.5 Å². The lowest BCUT2D eigenvalue weighted by atomic mass is 10.1. The smallest absolute Gasteiger partial charge is 0.163 e. The van der Waals surface area contributed by atoms with Crippen LogP contribution in [-0.2, 0) is 0 Å². The van der Waals surface area contributed by atoms with Gasteiger partial charge in [0.1, 0.15) is 5.82 Å². The van der Waals surface area contributed by atoms with Crippen LogP contribution in [0.1, 0.15) is 11.1 Å². The van der Waals surface area contributed by atoms with Crippen molar-refractivity contribution in [2.45, 2.75) is 13.8 Å². The van der Waals surface area contributed by atoms with Crippen LogP contribution in [0.25, 0.3) is 22.3 Å². The molecule has 20 heavy (non-hydrogen) atoms. The van der Waals surface area contributed by atoms with E-state index in [1.807, 2.05) is 50.2 Å². The first-order valence-electron chi connectivity index (χ1n) is 6.35. The molecule has 2 aromatic carbocycles. The van der Waals surface area contributed by atoms with Crippen LogP contribution in [0, 0.1) is 13.8 Å². The molecular weight excluding hydrogens is 270 g/mol. The Kier molecular flexibility index (Phi) is 3.07. The standard InChI is InChI=1S/C16H14ClN3/c1-9-4-6-14-12(7-9)15(18)20-16(19-14)11-5-3-10(2)8-13(11)17/h3-8H,1-2H3,(H2,18,19,20). The van der Waals surface area contributed by atoms with Gasteiger partial charge in [-0.15, -0.1) is 0 Å². The van der Waals surface area contributed by atoms with Crippen LogP contribution >= 0.6 is 11.6 Å². The van der Waals surface area contributed by atoms with Gasteiger partial charge in [-0.25, -0.2) is 9.97 Å². The van der Waals surface area contributed by atoms with Crippen molar-refractivity contribution in [3.8, 4) is 11.4 Å². The molecule has 0 unspecified atom stereocenters. The first-order valence-corrected chi connectivity index (χ1v) is 6.73. The Morgan fingerprint density at radius 2 is 1.65 bits per heavy atom. The zero-order chi connectivity index (χ0) is 14.3. The van der Waals surface area contributed by atoms with E-state index >= 15 is 0 Å². The van der Waals surface area contributed by atoms with E-state index in [9.17, 15) is 0 Å². The predicted octanol–water partition coefficient (Wildman–Crippen LogP) is 4.15. The molecule has 3 aromatic rings. The number of nitrogen functional groups attached to an aromatic ring is 1. The molecule has 1 heterocycles. The number of aromatic nitrogens is 2. The summed E-state index contributed by atoms with van der Waals surface area (Å²) in [6.45, 7) is 4.01. The molecule has 0 amide bonds. The summed E-state index contributed by atoms with van der Waals surface area (Å²) in [6.07, 6.45) is 0. The summed E-state index contributed by atoms with van der Waals surface area (Å²) in [6, 6.07) is 11.8. The molecule has 0 aliphatic rings. The average molecular weight is 284 g/mol. The highest BCUT2D eigenvalue weighted by Gasteiger charge is 2.10. The number of fused-ring (bicyclic) bond motifs is 1. The number of aryl methyl sites for hydroxylation is 2. The van der Waals surface area contributed by atoms with E-state index in [2.05, 4.69) is 9.97 Å². The van der Waals surface area contributed by atoms with Gasteiger partial charge in [0, 0.05) is 10.9 Å². The highest BCUT2D eigenvalue weighted by Crippen LogP contribution is 2.29. The Morgan fingerprint density at radius 3 is 2.40 bits per heavy atom. The Hall–Kier alpha value is -2.13. The summed E-state index contributed by atoms with van der Waals surface area (Å²) < 4.78 is 0. The summed E-state index contributed by atoms with van der Waals surface area (Å²) in [7, 11) is 0. The van der Waals surface area contributed by atoms with Gasteiger partial charge in [-0.05, 0) is 43.7 Å². The topological polar surface area (TPSA) is 51.8 Å². The van der Waals surface area contributed by atoms with E-state index in [-0.39, 0.29) is 0 Å². The summed E-state index contributed by atoms with van der Waals surface area (Å²) in [5, 5.41) is 1.51. The fraction of sp³-hybridized carbons (Fsp3) is 0.125. The minimum atomic E-state index is 0.477. The third-order valence-corrected chi connectivity index (χ3v) is 3.56. The molecule has 0 saturated heterocycles. The highest BCUT2D eigenvalue weighted by atomic mass is 35.5. The number of rotatable bonds is 1. The molecule has 3 rings (SSSR count). The van der Waals surface area contributed by atoms with Gasteiger partial charge in [0.25, 0.3) is 0 Å². The highest BCUT2D eigenvalue weighted by molar-refractivity contribution is 6.33. The van der Waals surface area contributed by atoms with Crippen molar-refractivity contribution in [3.63, 3.8) is 0 Å². The van der Waals surface area contributed by atoms with Crippen molar-refractivity contribution in [1.82, 2.24) is 9.97 Å².